The predicted octanol–water partition coefficient (Wildman–Crippen LogP) is 4.56. The standard InChI is InChI=1S/C29H31N7O3S/c1-38-25-15-19(14-22-16-33-29(32)35-28(22)31)13-20(27(25)39-2)10-11-26(37)36-24(9-5-6-12-40-18-30)23-8-4-3-7-21(23)17-34-36/h3-4,7-8,10-11,13,15-17,24H,5-6,9,12,14H2,1-2H3,(H4,31,32,33,35)/b11-10+. The van der Waals surface area contributed by atoms with Gasteiger partial charge in [-0.3, -0.25) is 4.79 Å². The third-order valence-corrected chi connectivity index (χ3v) is 7.14. The summed E-state index contributed by atoms with van der Waals surface area (Å²) in [4.78, 5) is 21.6. The highest BCUT2D eigenvalue weighted by Gasteiger charge is 2.28. The van der Waals surface area contributed by atoms with Gasteiger partial charge in [-0.2, -0.15) is 15.3 Å². The number of benzene rings is 2. The third kappa shape index (κ3) is 6.71. The number of nitrogen functional groups attached to an aromatic ring is 2. The van der Waals surface area contributed by atoms with Crippen LogP contribution in [0.25, 0.3) is 6.08 Å². The van der Waals surface area contributed by atoms with Crippen LogP contribution in [0.1, 0.15) is 53.1 Å². The van der Waals surface area contributed by atoms with E-state index in [0.29, 0.717) is 34.9 Å². The number of amides is 1. The van der Waals surface area contributed by atoms with Crippen LogP contribution in [0, 0.1) is 10.7 Å². The lowest BCUT2D eigenvalue weighted by Crippen LogP contribution is -2.32. The van der Waals surface area contributed by atoms with Gasteiger partial charge in [0.2, 0.25) is 5.95 Å². The fourth-order valence-electron chi connectivity index (χ4n) is 4.62. The molecule has 40 heavy (non-hydrogen) atoms. The van der Waals surface area contributed by atoms with Crippen LogP contribution in [0.4, 0.5) is 11.8 Å². The molecule has 2 aromatic carbocycles. The Kier molecular flexibility index (Phi) is 9.59. The minimum absolute atomic E-state index is 0.109. The number of thioether (sulfide) groups is 1. The van der Waals surface area contributed by atoms with Crippen molar-refractivity contribution in [3.05, 3.63) is 76.5 Å². The van der Waals surface area contributed by atoms with Crippen molar-refractivity contribution >= 4 is 41.7 Å². The molecule has 0 aliphatic carbocycles. The van der Waals surface area contributed by atoms with Gasteiger partial charge < -0.3 is 20.9 Å². The fourth-order valence-corrected chi connectivity index (χ4v) is 5.06. The second kappa shape index (κ2) is 13.5. The number of nitriles is 1. The normalized spacial score (nSPS) is 14.1. The Bertz CT molecular complexity index is 1470. The highest BCUT2D eigenvalue weighted by molar-refractivity contribution is 8.03. The molecule has 1 unspecified atom stereocenters. The van der Waals surface area contributed by atoms with Crippen LogP contribution in [0.5, 0.6) is 11.5 Å². The molecular formula is C29H31N7O3S. The van der Waals surface area contributed by atoms with Gasteiger partial charge in [-0.15, -0.1) is 0 Å². The topological polar surface area (TPSA) is 153 Å². The quantitative estimate of drug-likeness (QED) is 0.196. The van der Waals surface area contributed by atoms with Crippen molar-refractivity contribution in [2.24, 2.45) is 5.10 Å². The number of anilines is 2. The molecule has 10 nitrogen and oxygen atoms in total. The van der Waals surface area contributed by atoms with Crippen molar-refractivity contribution in [1.82, 2.24) is 15.0 Å². The van der Waals surface area contributed by atoms with E-state index in [4.69, 9.17) is 26.2 Å². The number of hydrogen-bond donors (Lipinski definition) is 2. The Morgan fingerprint density at radius 1 is 1.20 bits per heavy atom. The van der Waals surface area contributed by atoms with Crippen LogP contribution < -0.4 is 20.9 Å². The first-order valence-corrected chi connectivity index (χ1v) is 13.7. The van der Waals surface area contributed by atoms with E-state index in [0.717, 1.165) is 41.7 Å². The zero-order chi connectivity index (χ0) is 28.5. The van der Waals surface area contributed by atoms with E-state index in [2.05, 4.69) is 20.5 Å². The number of methoxy groups -OCH3 is 2. The number of carbonyl (C=O) groups is 1. The number of unbranched alkanes of at least 4 members (excludes halogenated alkanes) is 1. The fraction of sp³-hybridized carbons (Fsp3) is 0.276. The SMILES string of the molecule is COc1cc(Cc2cnc(N)nc2N)cc(/C=C/C(=O)N2N=Cc3ccccc3C2CCCCSC#N)c1OC. The van der Waals surface area contributed by atoms with E-state index in [1.165, 1.54) is 22.8 Å². The predicted molar refractivity (Wildman–Crippen MR) is 158 cm³/mol. The number of fused-ring (bicyclic) bond motifs is 1. The largest absolute Gasteiger partial charge is 0.493 e. The second-order valence-corrected chi connectivity index (χ2v) is 9.96. The van der Waals surface area contributed by atoms with Gasteiger partial charge in [-0.05, 0) is 59.5 Å². The van der Waals surface area contributed by atoms with Gasteiger partial charge in [0.25, 0.3) is 5.91 Å². The van der Waals surface area contributed by atoms with Gasteiger partial charge >= 0.3 is 0 Å². The molecule has 1 aliphatic rings. The Hall–Kier alpha value is -4.56. The van der Waals surface area contributed by atoms with Crippen molar-refractivity contribution in [2.75, 3.05) is 31.4 Å². The van der Waals surface area contributed by atoms with Crippen molar-refractivity contribution in [2.45, 2.75) is 31.7 Å². The molecule has 0 saturated carbocycles. The van der Waals surface area contributed by atoms with E-state index < -0.39 is 0 Å². The first-order valence-electron chi connectivity index (χ1n) is 12.7. The molecule has 0 saturated heterocycles. The summed E-state index contributed by atoms with van der Waals surface area (Å²) in [6.07, 6.45) is 9.41. The number of nitrogens with zero attached hydrogens (tertiary/aromatic N) is 5. The van der Waals surface area contributed by atoms with Crippen LogP contribution in [0.3, 0.4) is 0 Å². The van der Waals surface area contributed by atoms with Crippen molar-refractivity contribution in [3.63, 3.8) is 0 Å². The maximum absolute atomic E-state index is 13.5. The first kappa shape index (κ1) is 28.4. The molecule has 206 valence electrons. The van der Waals surface area contributed by atoms with Gasteiger partial charge in [0.05, 0.1) is 26.5 Å². The molecule has 1 aromatic heterocycles. The average Bonchev–Trinajstić information content (AvgIpc) is 2.96. The molecule has 4 N–H and O–H groups in total. The highest BCUT2D eigenvalue weighted by atomic mass is 32.2. The number of carbonyl (C=O) groups excluding carboxylic acids is 1. The number of hydrazone groups is 1. The lowest BCUT2D eigenvalue weighted by Gasteiger charge is -2.31. The molecule has 11 heteroatoms. The minimum atomic E-state index is -0.259. The summed E-state index contributed by atoms with van der Waals surface area (Å²) >= 11 is 1.25. The number of hydrogen-bond acceptors (Lipinski definition) is 10. The first-order chi connectivity index (χ1) is 19.4. The molecule has 1 amide bonds. The maximum Gasteiger partial charge on any atom is 0.267 e. The molecule has 2 heterocycles. The monoisotopic (exact) mass is 557 g/mol. The molecule has 0 radical (unpaired) electrons. The Labute approximate surface area is 237 Å². The highest BCUT2D eigenvalue weighted by Crippen LogP contribution is 2.36. The van der Waals surface area contributed by atoms with Gasteiger partial charge in [-0.25, -0.2) is 9.99 Å². The van der Waals surface area contributed by atoms with Gasteiger partial charge in [0, 0.05) is 35.6 Å². The van der Waals surface area contributed by atoms with E-state index in [1.54, 1.807) is 32.7 Å². The second-order valence-electron chi connectivity index (χ2n) is 9.08. The summed E-state index contributed by atoms with van der Waals surface area (Å²) in [6.45, 7) is 0. The lowest BCUT2D eigenvalue weighted by atomic mass is 9.95. The zero-order valence-corrected chi connectivity index (χ0v) is 23.2. The summed E-state index contributed by atoms with van der Waals surface area (Å²) < 4.78 is 11.2. The Morgan fingerprint density at radius 3 is 2.77 bits per heavy atom. The van der Waals surface area contributed by atoms with Crippen molar-refractivity contribution in [3.8, 4) is 16.9 Å². The Morgan fingerprint density at radius 2 is 2.02 bits per heavy atom. The van der Waals surface area contributed by atoms with Crippen LogP contribution in [0.2, 0.25) is 0 Å². The van der Waals surface area contributed by atoms with E-state index in [9.17, 15) is 4.79 Å². The van der Waals surface area contributed by atoms with Crippen LogP contribution in [-0.4, -0.2) is 47.1 Å². The molecular weight excluding hydrogens is 526 g/mol. The summed E-state index contributed by atoms with van der Waals surface area (Å²) in [7, 11) is 3.11. The zero-order valence-electron chi connectivity index (χ0n) is 22.4. The van der Waals surface area contributed by atoms with E-state index >= 15 is 0 Å². The minimum Gasteiger partial charge on any atom is -0.493 e. The van der Waals surface area contributed by atoms with Crippen molar-refractivity contribution in [1.29, 1.82) is 5.26 Å². The summed E-state index contributed by atoms with van der Waals surface area (Å²) in [5.74, 6) is 1.92. The summed E-state index contributed by atoms with van der Waals surface area (Å²) in [5.41, 5.74) is 16.0. The maximum atomic E-state index is 13.5. The smallest absolute Gasteiger partial charge is 0.267 e. The third-order valence-electron chi connectivity index (χ3n) is 6.52. The van der Waals surface area contributed by atoms with Gasteiger partial charge in [-0.1, -0.05) is 30.7 Å². The van der Waals surface area contributed by atoms with Crippen LogP contribution in [0.15, 0.2) is 53.8 Å². The summed E-state index contributed by atoms with van der Waals surface area (Å²) in [6, 6.07) is 11.5. The van der Waals surface area contributed by atoms with Crippen molar-refractivity contribution < 1.29 is 14.3 Å². The number of rotatable bonds is 11. The number of thiocyanates is 1. The number of ether oxygens (including phenoxy) is 2. The van der Waals surface area contributed by atoms with E-state index in [-0.39, 0.29) is 17.9 Å². The van der Waals surface area contributed by atoms with E-state index in [1.807, 2.05) is 36.4 Å². The summed E-state index contributed by atoms with van der Waals surface area (Å²) in [5, 5.41) is 16.9. The molecule has 3 aromatic rings. The molecule has 1 atom stereocenters. The molecule has 0 bridgehead atoms. The molecule has 0 spiro atoms. The lowest BCUT2D eigenvalue weighted by molar-refractivity contribution is -0.128. The molecule has 1 aliphatic heterocycles. The van der Waals surface area contributed by atoms with Crippen LogP contribution in [-0.2, 0) is 11.2 Å². The molecule has 0 fully saturated rings. The number of aromatic nitrogens is 2. The number of nitrogens with two attached hydrogens (primary N) is 2. The van der Waals surface area contributed by atoms with Gasteiger partial charge in [0.1, 0.15) is 11.2 Å². The average molecular weight is 558 g/mol. The van der Waals surface area contributed by atoms with Gasteiger partial charge in [0.15, 0.2) is 11.5 Å². The Balaban J connectivity index is 1.60. The molecule has 4 rings (SSSR count). The van der Waals surface area contributed by atoms with Crippen LogP contribution >= 0.6 is 11.8 Å².